The van der Waals surface area contributed by atoms with E-state index in [-0.39, 0.29) is 12.1 Å². The van der Waals surface area contributed by atoms with Crippen LogP contribution in [0, 0.1) is 6.92 Å². The maximum absolute atomic E-state index is 12.1. The summed E-state index contributed by atoms with van der Waals surface area (Å²) in [4.78, 5) is 17.7. The van der Waals surface area contributed by atoms with Gasteiger partial charge in [-0.1, -0.05) is 12.1 Å². The molecule has 1 aromatic heterocycles. The summed E-state index contributed by atoms with van der Waals surface area (Å²) < 4.78 is 15.5. The zero-order valence-corrected chi connectivity index (χ0v) is 13.1. The number of hydrogen-bond acceptors (Lipinski definition) is 6. The Morgan fingerprint density at radius 3 is 2.95 bits per heavy atom. The van der Waals surface area contributed by atoms with E-state index in [2.05, 4.69) is 14.7 Å². The number of fused-ring (bicyclic) bond motifs is 1. The van der Waals surface area contributed by atoms with Crippen LogP contribution in [0.3, 0.4) is 0 Å². The van der Waals surface area contributed by atoms with Gasteiger partial charge in [0.15, 0.2) is 17.6 Å². The first-order valence-corrected chi connectivity index (χ1v) is 7.60. The van der Waals surface area contributed by atoms with Crippen LogP contribution in [-0.2, 0) is 0 Å². The maximum Gasteiger partial charge on any atom is 0.323 e. The standard InChI is InChI=1S/C14H16N4O3S/c1-9-15-13(22-17-9)16-14(19)18(2)7-10-8-20-11-5-3-4-6-12(11)21-10/h3-6,10H,7-8H2,1-2H3,(H,15,16,17,19)/t10-/m0/s1. The largest absolute Gasteiger partial charge is 0.486 e. The molecule has 116 valence electrons. The number of amides is 2. The predicted molar refractivity (Wildman–Crippen MR) is 82.6 cm³/mol. The van der Waals surface area contributed by atoms with Crippen LogP contribution in [0.25, 0.3) is 0 Å². The first-order chi connectivity index (χ1) is 10.6. The Kier molecular flexibility index (Phi) is 4.10. The van der Waals surface area contributed by atoms with Crippen molar-refractivity contribution in [2.24, 2.45) is 0 Å². The van der Waals surface area contributed by atoms with Crippen LogP contribution in [0.1, 0.15) is 5.82 Å². The summed E-state index contributed by atoms with van der Waals surface area (Å²) in [6, 6.07) is 7.25. The second kappa shape index (κ2) is 6.18. The molecule has 1 aliphatic rings. The highest BCUT2D eigenvalue weighted by molar-refractivity contribution is 7.09. The normalized spacial score (nSPS) is 16.2. The molecule has 1 aromatic carbocycles. The number of nitrogens with one attached hydrogen (secondary N) is 1. The second-order valence-corrected chi connectivity index (χ2v) is 5.71. The van der Waals surface area contributed by atoms with Gasteiger partial charge < -0.3 is 14.4 Å². The van der Waals surface area contributed by atoms with Crippen LogP contribution in [-0.4, -0.2) is 46.6 Å². The number of nitrogens with zero attached hydrogens (tertiary/aromatic N) is 3. The lowest BCUT2D eigenvalue weighted by molar-refractivity contribution is 0.0731. The van der Waals surface area contributed by atoms with E-state index < -0.39 is 0 Å². The Balaban J connectivity index is 1.56. The molecule has 1 atom stereocenters. The van der Waals surface area contributed by atoms with Gasteiger partial charge in [-0.2, -0.15) is 4.37 Å². The lowest BCUT2D eigenvalue weighted by Crippen LogP contribution is -2.43. The number of aromatic nitrogens is 2. The number of likely N-dealkylation sites (N-methyl/N-ethyl adjacent to an activating group) is 1. The van der Waals surface area contributed by atoms with Crippen molar-refractivity contribution in [3.63, 3.8) is 0 Å². The van der Waals surface area contributed by atoms with Crippen molar-refractivity contribution < 1.29 is 14.3 Å². The summed E-state index contributed by atoms with van der Waals surface area (Å²) in [6.45, 7) is 2.60. The lowest BCUT2D eigenvalue weighted by atomic mass is 10.2. The number of anilines is 1. The maximum atomic E-state index is 12.1. The second-order valence-electron chi connectivity index (χ2n) is 4.96. The third-order valence-corrected chi connectivity index (χ3v) is 3.85. The SMILES string of the molecule is Cc1nsc(NC(=O)N(C)C[C@H]2COc3ccccc3O2)n1. The third-order valence-electron chi connectivity index (χ3n) is 3.13. The topological polar surface area (TPSA) is 76.6 Å². The highest BCUT2D eigenvalue weighted by atomic mass is 32.1. The summed E-state index contributed by atoms with van der Waals surface area (Å²) in [5.74, 6) is 2.08. The minimum atomic E-state index is -0.251. The average Bonchev–Trinajstić information content (AvgIpc) is 2.92. The molecule has 0 radical (unpaired) electrons. The third kappa shape index (κ3) is 3.28. The van der Waals surface area contributed by atoms with Crippen LogP contribution in [0.15, 0.2) is 24.3 Å². The number of rotatable bonds is 3. The summed E-state index contributed by atoms with van der Waals surface area (Å²) in [5, 5.41) is 3.19. The molecule has 22 heavy (non-hydrogen) atoms. The molecule has 0 fully saturated rings. The van der Waals surface area contributed by atoms with E-state index in [4.69, 9.17) is 9.47 Å². The van der Waals surface area contributed by atoms with Crippen molar-refractivity contribution >= 4 is 22.7 Å². The van der Waals surface area contributed by atoms with Gasteiger partial charge in [-0.3, -0.25) is 5.32 Å². The van der Waals surface area contributed by atoms with Crippen LogP contribution < -0.4 is 14.8 Å². The fraction of sp³-hybridized carbons (Fsp3) is 0.357. The number of benzene rings is 1. The smallest absolute Gasteiger partial charge is 0.323 e. The van der Waals surface area contributed by atoms with Gasteiger partial charge in [0.2, 0.25) is 5.13 Å². The van der Waals surface area contributed by atoms with Crippen molar-refractivity contribution in [1.29, 1.82) is 0 Å². The Bertz CT molecular complexity index is 676. The molecule has 0 aliphatic carbocycles. The minimum Gasteiger partial charge on any atom is -0.486 e. The van der Waals surface area contributed by atoms with Crippen LogP contribution in [0.4, 0.5) is 9.93 Å². The molecule has 0 bridgehead atoms. The summed E-state index contributed by atoms with van der Waals surface area (Å²) >= 11 is 1.16. The van der Waals surface area contributed by atoms with Gasteiger partial charge in [-0.15, -0.1) is 0 Å². The van der Waals surface area contributed by atoms with Crippen LogP contribution >= 0.6 is 11.5 Å². The van der Waals surface area contributed by atoms with Gasteiger partial charge in [0.25, 0.3) is 0 Å². The molecule has 8 heteroatoms. The minimum absolute atomic E-state index is 0.207. The number of urea groups is 1. The lowest BCUT2D eigenvalue weighted by Gasteiger charge is -2.29. The van der Waals surface area contributed by atoms with Gasteiger partial charge >= 0.3 is 6.03 Å². The van der Waals surface area contributed by atoms with Crippen molar-refractivity contribution in [1.82, 2.24) is 14.3 Å². The first kappa shape index (κ1) is 14.6. The van der Waals surface area contributed by atoms with Crippen LogP contribution in [0.2, 0.25) is 0 Å². The zero-order valence-electron chi connectivity index (χ0n) is 12.3. The summed E-state index contributed by atoms with van der Waals surface area (Å²) in [6.07, 6.45) is -0.207. The van der Waals surface area contributed by atoms with Gasteiger partial charge in [-0.05, 0) is 19.1 Å². The Labute approximate surface area is 132 Å². The van der Waals surface area contributed by atoms with E-state index in [9.17, 15) is 4.79 Å². The van der Waals surface area contributed by atoms with E-state index in [1.165, 1.54) is 0 Å². The Morgan fingerprint density at radius 2 is 2.23 bits per heavy atom. The molecule has 2 aromatic rings. The molecule has 2 amide bonds. The molecule has 7 nitrogen and oxygen atoms in total. The predicted octanol–water partition coefficient (Wildman–Crippen LogP) is 2.15. The molecule has 3 rings (SSSR count). The fourth-order valence-corrected chi connectivity index (χ4v) is 2.64. The Hall–Kier alpha value is -2.35. The fourth-order valence-electron chi connectivity index (χ4n) is 2.08. The van der Waals surface area contributed by atoms with E-state index >= 15 is 0 Å². The van der Waals surface area contributed by atoms with E-state index in [0.717, 1.165) is 17.3 Å². The van der Waals surface area contributed by atoms with Crippen LogP contribution in [0.5, 0.6) is 11.5 Å². The summed E-state index contributed by atoms with van der Waals surface area (Å²) in [7, 11) is 1.70. The van der Waals surface area contributed by atoms with Gasteiger partial charge in [-0.25, -0.2) is 9.78 Å². The first-order valence-electron chi connectivity index (χ1n) is 6.83. The van der Waals surface area contributed by atoms with Gasteiger partial charge in [0, 0.05) is 18.6 Å². The molecule has 0 spiro atoms. The number of carbonyl (C=O) groups is 1. The number of para-hydroxylation sites is 2. The zero-order chi connectivity index (χ0) is 15.5. The molecule has 1 N–H and O–H groups in total. The van der Waals surface area contributed by atoms with Crippen molar-refractivity contribution in [3.05, 3.63) is 30.1 Å². The van der Waals surface area contributed by atoms with Gasteiger partial charge in [0.1, 0.15) is 12.4 Å². The molecule has 0 saturated heterocycles. The highest BCUT2D eigenvalue weighted by Crippen LogP contribution is 2.30. The number of aryl methyl sites for hydroxylation is 1. The van der Waals surface area contributed by atoms with E-state index in [1.54, 1.807) is 18.9 Å². The molecule has 0 saturated carbocycles. The van der Waals surface area contributed by atoms with E-state index in [1.807, 2.05) is 24.3 Å². The van der Waals surface area contributed by atoms with Crippen molar-refractivity contribution in [3.8, 4) is 11.5 Å². The van der Waals surface area contributed by atoms with E-state index in [0.29, 0.717) is 29.9 Å². The number of carbonyl (C=O) groups excluding carboxylic acids is 1. The van der Waals surface area contributed by atoms with Crippen molar-refractivity contribution in [2.75, 3.05) is 25.5 Å². The average molecular weight is 320 g/mol. The highest BCUT2D eigenvalue weighted by Gasteiger charge is 2.24. The monoisotopic (exact) mass is 320 g/mol. The molecule has 1 aliphatic heterocycles. The van der Waals surface area contributed by atoms with Crippen molar-refractivity contribution in [2.45, 2.75) is 13.0 Å². The Morgan fingerprint density at radius 1 is 1.45 bits per heavy atom. The molecule has 2 heterocycles. The quantitative estimate of drug-likeness (QED) is 0.938. The van der Waals surface area contributed by atoms with Gasteiger partial charge in [0.05, 0.1) is 6.54 Å². The molecule has 0 unspecified atom stereocenters. The number of hydrogen-bond donors (Lipinski definition) is 1. The summed E-state index contributed by atoms with van der Waals surface area (Å²) in [5.41, 5.74) is 0. The molecular weight excluding hydrogens is 304 g/mol. The molecular formula is C14H16N4O3S. The number of ether oxygens (including phenoxy) is 2.